The van der Waals surface area contributed by atoms with Crippen molar-refractivity contribution in [2.45, 2.75) is 60.3 Å². The lowest BCUT2D eigenvalue weighted by molar-refractivity contribution is -0.659. The lowest BCUT2D eigenvalue weighted by Gasteiger charge is -2.20. The number of hydrogen-bond donors (Lipinski definition) is 1. The van der Waals surface area contributed by atoms with Crippen molar-refractivity contribution in [3.05, 3.63) is 125 Å². The van der Waals surface area contributed by atoms with Crippen LogP contribution < -0.4 is 4.57 Å². The van der Waals surface area contributed by atoms with Gasteiger partial charge < -0.3 is 9.52 Å². The molecule has 0 aliphatic heterocycles. The number of nitrogens with zero attached hydrogens (tertiary/aromatic N) is 2. The summed E-state index contributed by atoms with van der Waals surface area (Å²) in [5.41, 5.74) is 13.6. The van der Waals surface area contributed by atoms with E-state index in [9.17, 15) is 5.11 Å². The lowest BCUT2D eigenvalue weighted by atomic mass is 9.86. The third kappa shape index (κ3) is 4.86. The zero-order valence-electron chi connectivity index (χ0n) is 28.6. The molecule has 0 bridgehead atoms. The van der Waals surface area contributed by atoms with Crippen LogP contribution in [0.5, 0.6) is 5.75 Å². The van der Waals surface area contributed by atoms with Crippen molar-refractivity contribution in [1.29, 1.82) is 0 Å². The first kappa shape index (κ1) is 30.6. The molecule has 1 N–H and O–H groups in total. The second kappa shape index (κ2) is 11.6. The number of aromatic hydroxyl groups is 1. The Morgan fingerprint density at radius 1 is 0.660 bits per heavy atom. The molecule has 0 unspecified atom stereocenters. The normalized spacial score (nSPS) is 11.9. The van der Waals surface area contributed by atoms with Crippen LogP contribution in [-0.2, 0) is 7.05 Å². The fourth-order valence-electron chi connectivity index (χ4n) is 7.36. The molecule has 0 spiro atoms. The van der Waals surface area contributed by atoms with Crippen molar-refractivity contribution in [3.8, 4) is 45.1 Å². The van der Waals surface area contributed by atoms with Gasteiger partial charge in [-0.05, 0) is 66.5 Å². The topological polar surface area (TPSA) is 42.2 Å². The molecule has 0 saturated heterocycles. The van der Waals surface area contributed by atoms with Crippen molar-refractivity contribution in [2.75, 3.05) is 0 Å². The van der Waals surface area contributed by atoms with Gasteiger partial charge in [-0.25, -0.2) is 4.57 Å². The third-order valence-electron chi connectivity index (χ3n) is 9.83. The molecule has 47 heavy (non-hydrogen) atoms. The van der Waals surface area contributed by atoms with E-state index in [0.29, 0.717) is 17.6 Å². The number of aromatic nitrogens is 2. The Balaban J connectivity index is 1.51. The monoisotopic (exact) mass is 619 g/mol. The smallest absolute Gasteiger partial charge is 0.294 e. The van der Waals surface area contributed by atoms with Gasteiger partial charge in [0, 0.05) is 33.0 Å². The molecule has 4 heteroatoms. The van der Waals surface area contributed by atoms with E-state index >= 15 is 0 Å². The van der Waals surface area contributed by atoms with Gasteiger partial charge in [0.25, 0.3) is 5.82 Å². The van der Waals surface area contributed by atoms with Gasteiger partial charge in [0.15, 0.2) is 0 Å². The molecule has 0 radical (unpaired) electrons. The molecule has 0 aliphatic rings. The highest BCUT2D eigenvalue weighted by Crippen LogP contribution is 2.47. The minimum absolute atomic E-state index is 0.292. The van der Waals surface area contributed by atoms with Gasteiger partial charge in [0.1, 0.15) is 35.0 Å². The lowest BCUT2D eigenvalue weighted by Crippen LogP contribution is -2.30. The number of phenolic OH excluding ortho intramolecular Hbond substituents is 1. The van der Waals surface area contributed by atoms with Crippen molar-refractivity contribution in [3.63, 3.8) is 0 Å². The maximum Gasteiger partial charge on any atom is 0.294 e. The fourth-order valence-corrected chi connectivity index (χ4v) is 7.36. The molecule has 2 heterocycles. The van der Waals surface area contributed by atoms with E-state index in [1.807, 2.05) is 31.2 Å². The maximum atomic E-state index is 11.9. The quantitative estimate of drug-likeness (QED) is 0.188. The molecule has 0 amide bonds. The number of furan rings is 1. The summed E-state index contributed by atoms with van der Waals surface area (Å²) in [7, 11) is 2.13. The first-order valence-electron chi connectivity index (χ1n) is 16.6. The summed E-state index contributed by atoms with van der Waals surface area (Å²) < 4.78 is 11.1. The van der Waals surface area contributed by atoms with E-state index in [4.69, 9.17) is 4.42 Å². The Labute approximate surface area is 277 Å². The predicted molar refractivity (Wildman–Crippen MR) is 195 cm³/mol. The minimum atomic E-state index is 0.292. The number of phenols is 1. The highest BCUT2D eigenvalue weighted by Gasteiger charge is 2.30. The number of rotatable bonds is 6. The van der Waals surface area contributed by atoms with Crippen LogP contribution in [0.15, 0.2) is 102 Å². The Morgan fingerprint density at radius 2 is 1.30 bits per heavy atom. The van der Waals surface area contributed by atoms with Crippen molar-refractivity contribution < 1.29 is 14.1 Å². The molecule has 0 saturated carbocycles. The van der Waals surface area contributed by atoms with Crippen LogP contribution in [0.2, 0.25) is 0 Å². The van der Waals surface area contributed by atoms with Crippen LogP contribution in [0.4, 0.5) is 0 Å². The first-order chi connectivity index (χ1) is 22.6. The first-order valence-corrected chi connectivity index (χ1v) is 16.6. The molecule has 4 nitrogen and oxygen atoms in total. The van der Waals surface area contributed by atoms with Gasteiger partial charge in [-0.15, -0.1) is 0 Å². The molecule has 236 valence electrons. The molecule has 0 aliphatic carbocycles. The minimum Gasteiger partial charge on any atom is -0.507 e. The Morgan fingerprint density at radius 3 is 2.02 bits per heavy atom. The van der Waals surface area contributed by atoms with E-state index in [0.717, 1.165) is 66.7 Å². The van der Waals surface area contributed by atoms with Crippen LogP contribution in [0.25, 0.3) is 61.3 Å². The Bertz CT molecular complexity index is 2290. The van der Waals surface area contributed by atoms with Gasteiger partial charge in [-0.2, -0.15) is 4.57 Å². The third-order valence-corrected chi connectivity index (χ3v) is 9.83. The Hall–Kier alpha value is -5.09. The summed E-state index contributed by atoms with van der Waals surface area (Å²) in [5, 5.41) is 14.0. The molecule has 0 fully saturated rings. The summed E-state index contributed by atoms with van der Waals surface area (Å²) >= 11 is 0. The standard InChI is InChI=1S/C43H42N2O2/c1-25(2)30-14-11-15-31(26(3)4)40(30)45-24-23-44(8)43(45)38-27(5)19-21-32(29(38)7)39-34(22-20-28(6)41(39)46)36-17-12-16-35-33-13-9-10-18-37(33)47-42(35)36/h9-26H,1-8H3/p+1. The van der Waals surface area contributed by atoms with E-state index in [-0.39, 0.29) is 0 Å². The van der Waals surface area contributed by atoms with E-state index < -0.39 is 0 Å². The SMILES string of the molecule is Cc1ccc(-c2cccc3c2oc2ccccc23)c(-c2ccc(C)c(-c3n(-c4c(C(C)C)cccc4C(C)C)cc[n+]3C)c2C)c1O. The van der Waals surface area contributed by atoms with Gasteiger partial charge >= 0.3 is 0 Å². The van der Waals surface area contributed by atoms with Crippen molar-refractivity contribution in [2.24, 2.45) is 7.05 Å². The fraction of sp³-hybridized carbons (Fsp3) is 0.233. The molecular weight excluding hydrogens is 576 g/mol. The van der Waals surface area contributed by atoms with Crippen molar-refractivity contribution >= 4 is 21.9 Å². The summed E-state index contributed by atoms with van der Waals surface area (Å²) in [5.74, 6) is 2.14. The number of para-hydroxylation sites is 3. The maximum absolute atomic E-state index is 11.9. The van der Waals surface area contributed by atoms with Crippen LogP contribution in [0, 0.1) is 20.8 Å². The van der Waals surface area contributed by atoms with E-state index in [1.165, 1.54) is 22.4 Å². The molecule has 5 aromatic carbocycles. The summed E-state index contributed by atoms with van der Waals surface area (Å²) in [4.78, 5) is 0. The number of fused-ring (bicyclic) bond motifs is 3. The number of hydrogen-bond acceptors (Lipinski definition) is 2. The van der Waals surface area contributed by atoms with Gasteiger partial charge in [0.05, 0.1) is 12.6 Å². The number of imidazole rings is 1. The molecule has 0 atom stereocenters. The average Bonchev–Trinajstić information content (AvgIpc) is 3.62. The summed E-state index contributed by atoms with van der Waals surface area (Å²) in [6.45, 7) is 15.4. The Kier molecular flexibility index (Phi) is 7.55. The number of aryl methyl sites for hydroxylation is 3. The zero-order valence-corrected chi connectivity index (χ0v) is 28.6. The zero-order chi connectivity index (χ0) is 33.1. The largest absolute Gasteiger partial charge is 0.507 e. The van der Waals surface area contributed by atoms with Gasteiger partial charge in [-0.1, -0.05) is 107 Å². The second-order valence-electron chi connectivity index (χ2n) is 13.6. The molecular formula is C43H43N2O2+. The average molecular weight is 620 g/mol. The molecule has 2 aromatic heterocycles. The van der Waals surface area contributed by atoms with E-state index in [2.05, 4.69) is 131 Å². The van der Waals surface area contributed by atoms with Gasteiger partial charge in [-0.3, -0.25) is 0 Å². The van der Waals surface area contributed by atoms with Crippen LogP contribution in [0.3, 0.4) is 0 Å². The van der Waals surface area contributed by atoms with Crippen LogP contribution >= 0.6 is 0 Å². The van der Waals surface area contributed by atoms with Gasteiger partial charge in [0.2, 0.25) is 0 Å². The van der Waals surface area contributed by atoms with Crippen LogP contribution in [-0.4, -0.2) is 9.67 Å². The summed E-state index contributed by atoms with van der Waals surface area (Å²) in [6.07, 6.45) is 4.35. The highest BCUT2D eigenvalue weighted by molar-refractivity contribution is 6.11. The van der Waals surface area contributed by atoms with Crippen LogP contribution in [0.1, 0.15) is 67.3 Å². The van der Waals surface area contributed by atoms with Crippen molar-refractivity contribution in [1.82, 2.24) is 4.57 Å². The summed E-state index contributed by atoms with van der Waals surface area (Å²) in [6, 6.07) is 29.7. The molecule has 7 aromatic rings. The number of benzene rings is 5. The second-order valence-corrected chi connectivity index (χ2v) is 13.6. The molecule has 7 rings (SSSR count). The highest BCUT2D eigenvalue weighted by atomic mass is 16.3. The predicted octanol–water partition coefficient (Wildman–Crippen LogP) is 11.1. The van der Waals surface area contributed by atoms with E-state index in [1.54, 1.807) is 0 Å².